The molecule has 1 aliphatic rings. The van der Waals surface area contributed by atoms with Crippen LogP contribution < -0.4 is 0 Å². The lowest BCUT2D eigenvalue weighted by molar-refractivity contribution is 0.194. The lowest BCUT2D eigenvalue weighted by Gasteiger charge is -2.26. The molecule has 0 aromatic carbocycles. The fourth-order valence-corrected chi connectivity index (χ4v) is 3.48. The highest BCUT2D eigenvalue weighted by Crippen LogP contribution is 2.19. The van der Waals surface area contributed by atoms with Gasteiger partial charge in [-0.15, -0.1) is 0 Å². The molecule has 7 nitrogen and oxygen atoms in total. The van der Waals surface area contributed by atoms with Gasteiger partial charge in [-0.25, -0.2) is 8.42 Å². The van der Waals surface area contributed by atoms with Crippen molar-refractivity contribution in [1.82, 2.24) is 14.7 Å². The van der Waals surface area contributed by atoms with Gasteiger partial charge in [0.05, 0.1) is 29.9 Å². The van der Waals surface area contributed by atoms with E-state index >= 15 is 0 Å². The lowest BCUT2D eigenvalue weighted by Crippen LogP contribution is -2.33. The highest BCUT2D eigenvalue weighted by Gasteiger charge is 2.22. The molecule has 0 radical (unpaired) electrons. The first-order valence-corrected chi connectivity index (χ1v) is 9.81. The Bertz CT molecular complexity index is 809. The Balaban J connectivity index is 1.61. The first kappa shape index (κ1) is 16.9. The highest BCUT2D eigenvalue weighted by atomic mass is 32.2. The summed E-state index contributed by atoms with van der Waals surface area (Å²) in [6, 6.07) is 5.54. The number of furan rings is 1. The Kier molecular flexibility index (Phi) is 4.88. The Labute approximate surface area is 141 Å². The van der Waals surface area contributed by atoms with Crippen LogP contribution in [0.15, 0.2) is 35.0 Å². The smallest absolute Gasteiger partial charge is 0.150 e. The van der Waals surface area contributed by atoms with Crippen molar-refractivity contribution in [2.75, 3.05) is 25.1 Å². The average molecular weight is 351 g/mol. The molecule has 3 heterocycles. The minimum atomic E-state index is -3.24. The maximum Gasteiger partial charge on any atom is 0.150 e. The summed E-state index contributed by atoms with van der Waals surface area (Å²) in [6.07, 6.45) is 5.66. The Morgan fingerprint density at radius 1 is 1.46 bits per heavy atom. The number of sulfone groups is 1. The van der Waals surface area contributed by atoms with Crippen molar-refractivity contribution in [1.29, 1.82) is 0 Å². The number of nitrogens with zero attached hydrogens (tertiary/aromatic N) is 3. The van der Waals surface area contributed by atoms with Crippen LogP contribution in [0.2, 0.25) is 0 Å². The minimum Gasteiger partial charge on any atom is -0.465 e. The quantitative estimate of drug-likeness (QED) is 0.838. The van der Waals surface area contributed by atoms with Gasteiger partial charge in [0.1, 0.15) is 21.7 Å². The molecule has 1 atom stereocenters. The molecule has 24 heavy (non-hydrogen) atoms. The summed E-state index contributed by atoms with van der Waals surface area (Å²) in [6.45, 7) is 3.06. The fraction of sp³-hybridized carbons (Fsp3) is 0.438. The summed E-state index contributed by atoms with van der Waals surface area (Å²) in [4.78, 5) is 2.25. The van der Waals surface area contributed by atoms with E-state index in [2.05, 4.69) is 10.00 Å². The van der Waals surface area contributed by atoms with E-state index < -0.39 is 15.9 Å². The van der Waals surface area contributed by atoms with Gasteiger partial charge < -0.3 is 9.52 Å². The third-order valence-electron chi connectivity index (χ3n) is 3.89. The topological polar surface area (TPSA) is 88.6 Å². The number of hydrogen-bond acceptors (Lipinski definition) is 6. The van der Waals surface area contributed by atoms with Gasteiger partial charge in [-0.1, -0.05) is 6.08 Å². The van der Waals surface area contributed by atoms with E-state index in [9.17, 15) is 13.5 Å². The predicted octanol–water partition coefficient (Wildman–Crippen LogP) is 1.08. The summed E-state index contributed by atoms with van der Waals surface area (Å²) in [5.41, 5.74) is 1.40. The zero-order valence-corrected chi connectivity index (χ0v) is 14.3. The standard InChI is InChI=1S/C16H21N3O4S/c1-24(21,22)12-16(20)15-10-13-11-18(7-8-19(13)17-15)6-2-4-14-5-3-9-23-14/h2-5,9-10,16,20H,6-8,11-12H2,1H3/b4-2+/t16-/m1/s1. The average Bonchev–Trinajstić information content (AvgIpc) is 3.13. The van der Waals surface area contributed by atoms with Gasteiger partial charge in [0.25, 0.3) is 0 Å². The Morgan fingerprint density at radius 2 is 2.29 bits per heavy atom. The van der Waals surface area contributed by atoms with E-state index in [0.717, 1.165) is 37.3 Å². The predicted molar refractivity (Wildman–Crippen MR) is 89.9 cm³/mol. The van der Waals surface area contributed by atoms with Crippen molar-refractivity contribution < 1.29 is 17.9 Å². The minimum absolute atomic E-state index is 0.306. The molecule has 0 aliphatic carbocycles. The molecule has 0 fully saturated rings. The summed E-state index contributed by atoms with van der Waals surface area (Å²) in [7, 11) is -3.24. The fourth-order valence-electron chi connectivity index (χ4n) is 2.74. The van der Waals surface area contributed by atoms with E-state index in [1.807, 2.05) is 29.0 Å². The van der Waals surface area contributed by atoms with E-state index in [1.54, 1.807) is 12.3 Å². The number of aromatic nitrogens is 2. The van der Waals surface area contributed by atoms with Gasteiger partial charge in [0.15, 0.2) is 0 Å². The monoisotopic (exact) mass is 351 g/mol. The molecule has 0 amide bonds. The van der Waals surface area contributed by atoms with Gasteiger partial charge in [-0.3, -0.25) is 9.58 Å². The van der Waals surface area contributed by atoms with E-state index in [-0.39, 0.29) is 5.75 Å². The van der Waals surface area contributed by atoms with E-state index in [1.165, 1.54) is 0 Å². The van der Waals surface area contributed by atoms with Crippen LogP contribution in [0.3, 0.4) is 0 Å². The summed E-state index contributed by atoms with van der Waals surface area (Å²) >= 11 is 0. The number of hydrogen-bond donors (Lipinski definition) is 1. The highest BCUT2D eigenvalue weighted by molar-refractivity contribution is 7.90. The number of aliphatic hydroxyl groups excluding tert-OH is 1. The van der Waals surface area contributed by atoms with Crippen molar-refractivity contribution in [3.8, 4) is 0 Å². The van der Waals surface area contributed by atoms with Crippen molar-refractivity contribution >= 4 is 15.9 Å². The molecular formula is C16H21N3O4S. The zero-order chi connectivity index (χ0) is 17.2. The Morgan fingerprint density at radius 3 is 3.00 bits per heavy atom. The maximum atomic E-state index is 11.3. The molecule has 3 rings (SSSR count). The van der Waals surface area contributed by atoms with Crippen molar-refractivity contribution in [2.45, 2.75) is 19.2 Å². The van der Waals surface area contributed by atoms with Crippen molar-refractivity contribution in [2.24, 2.45) is 0 Å². The van der Waals surface area contributed by atoms with Crippen LogP contribution in [0, 0.1) is 0 Å². The third-order valence-corrected chi connectivity index (χ3v) is 4.81. The van der Waals surface area contributed by atoms with Crippen LogP contribution >= 0.6 is 0 Å². The lowest BCUT2D eigenvalue weighted by atomic mass is 10.2. The summed E-state index contributed by atoms with van der Waals surface area (Å²) in [5.74, 6) is 0.516. The van der Waals surface area contributed by atoms with Crippen LogP contribution in [0.25, 0.3) is 6.08 Å². The first-order chi connectivity index (χ1) is 11.4. The molecule has 0 unspecified atom stereocenters. The van der Waals surface area contributed by atoms with Gasteiger partial charge in [-0.05, 0) is 24.3 Å². The summed E-state index contributed by atoms with van der Waals surface area (Å²) < 4.78 is 29.7. The first-order valence-electron chi connectivity index (χ1n) is 7.75. The summed E-state index contributed by atoms with van der Waals surface area (Å²) in [5, 5.41) is 14.4. The number of aliphatic hydroxyl groups is 1. The molecule has 1 aliphatic heterocycles. The normalized spacial score (nSPS) is 17.2. The third kappa shape index (κ3) is 4.34. The van der Waals surface area contributed by atoms with E-state index in [0.29, 0.717) is 12.2 Å². The second kappa shape index (κ2) is 6.92. The number of rotatable bonds is 6. The second-order valence-corrected chi connectivity index (χ2v) is 8.23. The van der Waals surface area contributed by atoms with Crippen LogP contribution in [0.1, 0.15) is 23.3 Å². The van der Waals surface area contributed by atoms with Crippen LogP contribution in [-0.4, -0.2) is 53.3 Å². The van der Waals surface area contributed by atoms with Gasteiger partial charge in [-0.2, -0.15) is 5.10 Å². The second-order valence-electron chi connectivity index (χ2n) is 6.04. The SMILES string of the molecule is CS(=O)(=O)C[C@@H](O)c1cc2n(n1)CCN(C/C=C/c1ccco1)C2. The molecule has 0 bridgehead atoms. The van der Waals surface area contributed by atoms with Gasteiger partial charge in [0.2, 0.25) is 0 Å². The molecule has 0 saturated heterocycles. The number of fused-ring (bicyclic) bond motifs is 1. The van der Waals surface area contributed by atoms with Gasteiger partial charge >= 0.3 is 0 Å². The molecule has 8 heteroatoms. The zero-order valence-electron chi connectivity index (χ0n) is 13.5. The maximum absolute atomic E-state index is 11.3. The molecule has 2 aromatic heterocycles. The molecule has 0 spiro atoms. The Hall–Kier alpha value is -1.90. The molecule has 1 N–H and O–H groups in total. The largest absolute Gasteiger partial charge is 0.465 e. The van der Waals surface area contributed by atoms with Crippen LogP contribution in [0.5, 0.6) is 0 Å². The molecule has 2 aromatic rings. The van der Waals surface area contributed by atoms with E-state index in [4.69, 9.17) is 4.42 Å². The van der Waals surface area contributed by atoms with Crippen LogP contribution in [-0.2, 0) is 22.9 Å². The molecule has 130 valence electrons. The molecule has 0 saturated carbocycles. The molecular weight excluding hydrogens is 330 g/mol. The van der Waals surface area contributed by atoms with Crippen LogP contribution in [0.4, 0.5) is 0 Å². The van der Waals surface area contributed by atoms with Crippen molar-refractivity contribution in [3.05, 3.63) is 47.7 Å². The van der Waals surface area contributed by atoms with Crippen molar-refractivity contribution in [3.63, 3.8) is 0 Å². The van der Waals surface area contributed by atoms with Gasteiger partial charge in [0, 0.05) is 25.9 Å².